The average molecular weight is 254 g/mol. The summed E-state index contributed by atoms with van der Waals surface area (Å²) in [4.78, 5) is 10.1. The van der Waals surface area contributed by atoms with Gasteiger partial charge in [-0.1, -0.05) is 0 Å². The van der Waals surface area contributed by atoms with Crippen LogP contribution in [0.15, 0.2) is 12.1 Å². The van der Waals surface area contributed by atoms with Crippen LogP contribution in [-0.2, 0) is 11.2 Å². The van der Waals surface area contributed by atoms with Gasteiger partial charge in [-0.2, -0.15) is 0 Å². The number of benzene rings is 1. The zero-order valence-electron chi connectivity index (χ0n) is 8.31. The first kappa shape index (κ1) is 13.4. The maximum atomic E-state index is 13.0. The van der Waals surface area contributed by atoms with Crippen LogP contribution >= 0.6 is 0 Å². The predicted octanol–water partition coefficient (Wildman–Crippen LogP) is 2.76. The Morgan fingerprint density at radius 1 is 1.12 bits per heavy atom. The number of hydrogen-bond donors (Lipinski definition) is 1. The summed E-state index contributed by atoms with van der Waals surface area (Å²) in [5, 5.41) is 8.19. The second-order valence-electron chi connectivity index (χ2n) is 3.46. The van der Waals surface area contributed by atoms with Crippen LogP contribution in [0.1, 0.15) is 12.0 Å². The largest absolute Gasteiger partial charge is 0.481 e. The molecule has 0 heterocycles. The number of carboxylic acids is 1. The molecule has 94 valence electrons. The van der Waals surface area contributed by atoms with Crippen LogP contribution in [0.2, 0.25) is 0 Å². The van der Waals surface area contributed by atoms with E-state index >= 15 is 0 Å². The van der Waals surface area contributed by atoms with Crippen LogP contribution in [-0.4, -0.2) is 17.0 Å². The maximum absolute atomic E-state index is 13.0. The standard InChI is InChI=1S/C10H7F5O2/c11-6-2-8(13)7(12)1-5(6)3-10(14,15)4-9(16)17/h1-2H,3-4H2,(H,16,17). The fourth-order valence-electron chi connectivity index (χ4n) is 1.26. The van der Waals surface area contributed by atoms with Crippen LogP contribution in [0.5, 0.6) is 0 Å². The molecule has 17 heavy (non-hydrogen) atoms. The van der Waals surface area contributed by atoms with Crippen molar-refractivity contribution in [1.29, 1.82) is 0 Å². The molecule has 0 fully saturated rings. The highest BCUT2D eigenvalue weighted by Crippen LogP contribution is 2.26. The highest BCUT2D eigenvalue weighted by Gasteiger charge is 2.33. The van der Waals surface area contributed by atoms with Crippen molar-refractivity contribution >= 4 is 5.97 Å². The van der Waals surface area contributed by atoms with Gasteiger partial charge in [0.15, 0.2) is 11.6 Å². The van der Waals surface area contributed by atoms with Crippen LogP contribution in [0.4, 0.5) is 22.0 Å². The van der Waals surface area contributed by atoms with E-state index in [-0.39, 0.29) is 6.07 Å². The van der Waals surface area contributed by atoms with E-state index in [2.05, 4.69) is 0 Å². The minimum atomic E-state index is -3.73. The minimum absolute atomic E-state index is 0.140. The Kier molecular flexibility index (Phi) is 3.69. The third-order valence-corrected chi connectivity index (χ3v) is 1.95. The van der Waals surface area contributed by atoms with E-state index < -0.39 is 47.7 Å². The number of rotatable bonds is 4. The zero-order chi connectivity index (χ0) is 13.2. The minimum Gasteiger partial charge on any atom is -0.481 e. The summed E-state index contributed by atoms with van der Waals surface area (Å²) >= 11 is 0. The van der Waals surface area contributed by atoms with Crippen molar-refractivity contribution in [2.24, 2.45) is 0 Å². The van der Waals surface area contributed by atoms with Gasteiger partial charge < -0.3 is 5.11 Å². The second kappa shape index (κ2) is 4.68. The molecular weight excluding hydrogens is 247 g/mol. The van der Waals surface area contributed by atoms with Crippen molar-refractivity contribution in [3.8, 4) is 0 Å². The average Bonchev–Trinajstić information content (AvgIpc) is 2.11. The van der Waals surface area contributed by atoms with E-state index in [1.165, 1.54) is 0 Å². The molecule has 1 aromatic carbocycles. The Labute approximate surface area is 92.7 Å². The molecule has 0 atom stereocenters. The molecule has 0 aliphatic rings. The number of hydrogen-bond acceptors (Lipinski definition) is 1. The molecule has 0 bridgehead atoms. The molecule has 0 saturated carbocycles. The van der Waals surface area contributed by atoms with E-state index in [1.54, 1.807) is 0 Å². The molecule has 0 unspecified atom stereocenters. The summed E-state index contributed by atoms with van der Waals surface area (Å²) < 4.78 is 64.2. The number of carbonyl (C=O) groups is 1. The molecule has 0 spiro atoms. The van der Waals surface area contributed by atoms with E-state index in [1.807, 2.05) is 0 Å². The first-order valence-corrected chi connectivity index (χ1v) is 4.44. The van der Waals surface area contributed by atoms with Crippen molar-refractivity contribution in [2.75, 3.05) is 0 Å². The Bertz CT molecular complexity index is 445. The Morgan fingerprint density at radius 3 is 2.18 bits per heavy atom. The van der Waals surface area contributed by atoms with E-state index in [0.717, 1.165) is 0 Å². The molecule has 2 nitrogen and oxygen atoms in total. The molecule has 1 rings (SSSR count). The van der Waals surface area contributed by atoms with Gasteiger partial charge in [-0.05, 0) is 11.6 Å². The third-order valence-electron chi connectivity index (χ3n) is 1.95. The summed E-state index contributed by atoms with van der Waals surface area (Å²) in [7, 11) is 0. The zero-order valence-corrected chi connectivity index (χ0v) is 8.31. The quantitative estimate of drug-likeness (QED) is 0.662. The first-order valence-electron chi connectivity index (χ1n) is 4.44. The van der Waals surface area contributed by atoms with Crippen molar-refractivity contribution in [3.63, 3.8) is 0 Å². The van der Waals surface area contributed by atoms with Crippen molar-refractivity contribution in [3.05, 3.63) is 35.1 Å². The predicted molar refractivity (Wildman–Crippen MR) is 47.2 cm³/mol. The molecular formula is C10H7F5O2. The summed E-state index contributed by atoms with van der Waals surface area (Å²) in [6, 6.07) is 0.432. The highest BCUT2D eigenvalue weighted by atomic mass is 19.3. The number of halogens is 5. The monoisotopic (exact) mass is 254 g/mol. The number of alkyl halides is 2. The van der Waals surface area contributed by atoms with E-state index in [4.69, 9.17) is 5.11 Å². The van der Waals surface area contributed by atoms with Crippen molar-refractivity contribution < 1.29 is 31.9 Å². The maximum Gasteiger partial charge on any atom is 0.309 e. The molecule has 0 aromatic heterocycles. The molecule has 7 heteroatoms. The lowest BCUT2D eigenvalue weighted by Gasteiger charge is -2.14. The van der Waals surface area contributed by atoms with Crippen molar-refractivity contribution in [1.82, 2.24) is 0 Å². The van der Waals surface area contributed by atoms with Gasteiger partial charge in [-0.25, -0.2) is 22.0 Å². The molecule has 1 aromatic rings. The Balaban J connectivity index is 2.95. The summed E-state index contributed by atoms with van der Waals surface area (Å²) in [6.45, 7) is 0. The molecule has 1 N–H and O–H groups in total. The first-order chi connectivity index (χ1) is 7.71. The van der Waals surface area contributed by atoms with Crippen LogP contribution in [0.25, 0.3) is 0 Å². The molecule has 0 saturated heterocycles. The van der Waals surface area contributed by atoms with Crippen LogP contribution in [0.3, 0.4) is 0 Å². The fourth-order valence-corrected chi connectivity index (χ4v) is 1.26. The summed E-state index contributed by atoms with van der Waals surface area (Å²) in [5.74, 6) is -9.79. The van der Waals surface area contributed by atoms with Gasteiger partial charge >= 0.3 is 5.97 Å². The topological polar surface area (TPSA) is 37.3 Å². The third kappa shape index (κ3) is 3.69. The van der Waals surface area contributed by atoms with Crippen molar-refractivity contribution in [2.45, 2.75) is 18.8 Å². The molecule has 0 amide bonds. The molecule has 0 aliphatic heterocycles. The highest BCUT2D eigenvalue weighted by molar-refractivity contribution is 5.67. The number of carboxylic acid groups (broad SMARTS) is 1. The van der Waals surface area contributed by atoms with Gasteiger partial charge in [-0.3, -0.25) is 4.79 Å². The Hall–Kier alpha value is -1.66. The lowest BCUT2D eigenvalue weighted by Crippen LogP contribution is -2.24. The van der Waals surface area contributed by atoms with E-state index in [0.29, 0.717) is 6.07 Å². The van der Waals surface area contributed by atoms with E-state index in [9.17, 15) is 26.7 Å². The Morgan fingerprint density at radius 2 is 1.65 bits per heavy atom. The van der Waals surface area contributed by atoms with Gasteiger partial charge in [0.05, 0.1) is 0 Å². The lowest BCUT2D eigenvalue weighted by atomic mass is 10.0. The normalized spacial score (nSPS) is 11.6. The molecule has 0 aliphatic carbocycles. The fraction of sp³-hybridized carbons (Fsp3) is 0.300. The number of aliphatic carboxylic acids is 1. The van der Waals surface area contributed by atoms with Crippen LogP contribution < -0.4 is 0 Å². The van der Waals surface area contributed by atoms with Gasteiger partial charge in [0, 0.05) is 12.5 Å². The second-order valence-corrected chi connectivity index (χ2v) is 3.46. The SMILES string of the molecule is O=C(O)CC(F)(F)Cc1cc(F)c(F)cc1F. The van der Waals surface area contributed by atoms with Gasteiger partial charge in [0.25, 0.3) is 5.92 Å². The van der Waals surface area contributed by atoms with Crippen LogP contribution in [0, 0.1) is 17.5 Å². The summed E-state index contributed by atoms with van der Waals surface area (Å²) in [6.07, 6.45) is -2.81. The summed E-state index contributed by atoms with van der Waals surface area (Å²) in [5.41, 5.74) is -0.768. The smallest absolute Gasteiger partial charge is 0.309 e. The lowest BCUT2D eigenvalue weighted by molar-refractivity contribution is -0.144. The molecule has 0 radical (unpaired) electrons. The van der Waals surface area contributed by atoms with Gasteiger partial charge in [0.2, 0.25) is 0 Å². The van der Waals surface area contributed by atoms with Gasteiger partial charge in [0.1, 0.15) is 12.2 Å². The van der Waals surface area contributed by atoms with Gasteiger partial charge in [-0.15, -0.1) is 0 Å².